The van der Waals surface area contributed by atoms with Crippen LogP contribution in [0.3, 0.4) is 0 Å². The Labute approximate surface area is 149 Å². The molecule has 2 aromatic rings. The van der Waals surface area contributed by atoms with E-state index in [-0.39, 0.29) is 15.8 Å². The van der Waals surface area contributed by atoms with Gasteiger partial charge in [0.1, 0.15) is 5.82 Å². The Hall–Kier alpha value is -2.62. The van der Waals surface area contributed by atoms with Gasteiger partial charge in [0.05, 0.1) is 4.90 Å². The highest BCUT2D eigenvalue weighted by molar-refractivity contribution is 7.89. The molecule has 0 radical (unpaired) electrons. The molecule has 4 N–H and O–H groups in total. The summed E-state index contributed by atoms with van der Waals surface area (Å²) in [6.07, 6.45) is 2.77. The van der Waals surface area contributed by atoms with E-state index in [9.17, 15) is 17.6 Å². The van der Waals surface area contributed by atoms with Gasteiger partial charge in [-0.1, -0.05) is 12.1 Å². The van der Waals surface area contributed by atoms with Crippen molar-refractivity contribution in [1.29, 1.82) is 0 Å². The third kappa shape index (κ3) is 6.07. The maximum absolute atomic E-state index is 12.8. The molecule has 25 heavy (non-hydrogen) atoms. The maximum Gasteiger partial charge on any atom is 0.250 e. The Kier molecular flexibility index (Phi) is 5.97. The maximum atomic E-state index is 12.8. The zero-order valence-electron chi connectivity index (χ0n) is 12.8. The van der Waals surface area contributed by atoms with Crippen LogP contribution in [0.1, 0.15) is 5.56 Å². The van der Waals surface area contributed by atoms with Crippen LogP contribution in [0.5, 0.6) is 0 Å². The number of sulfonamides is 1. The van der Waals surface area contributed by atoms with Crippen molar-refractivity contribution in [3.05, 3.63) is 66.0 Å². The minimum atomic E-state index is -3.77. The smallest absolute Gasteiger partial charge is 0.250 e. The molecule has 2 aromatic carbocycles. The second kappa shape index (κ2) is 7.97. The fourth-order valence-corrected chi connectivity index (χ4v) is 2.52. The van der Waals surface area contributed by atoms with Crippen LogP contribution >= 0.6 is 12.2 Å². The van der Waals surface area contributed by atoms with Crippen molar-refractivity contribution < 1.29 is 17.6 Å². The molecule has 1 amide bonds. The molecular weight excluding hydrogens is 365 g/mol. The molecule has 0 saturated carbocycles. The SMILES string of the molecule is NS(=O)(=O)c1ccc(NC(=S)NC(=O)C=Cc2ccc(F)cc2)cc1. The first-order chi connectivity index (χ1) is 11.7. The van der Waals surface area contributed by atoms with Crippen molar-refractivity contribution in [2.24, 2.45) is 5.14 Å². The van der Waals surface area contributed by atoms with E-state index in [1.807, 2.05) is 0 Å². The molecule has 130 valence electrons. The van der Waals surface area contributed by atoms with Crippen molar-refractivity contribution in [2.45, 2.75) is 4.90 Å². The van der Waals surface area contributed by atoms with Crippen LogP contribution in [0, 0.1) is 5.82 Å². The Bertz CT molecular complexity index is 909. The Morgan fingerprint density at radius 3 is 2.24 bits per heavy atom. The number of carbonyl (C=O) groups is 1. The number of primary sulfonamides is 1. The van der Waals surface area contributed by atoms with Gasteiger partial charge in [-0.05, 0) is 60.3 Å². The molecular formula is C16H14FN3O3S2. The summed E-state index contributed by atoms with van der Waals surface area (Å²) in [6, 6.07) is 11.2. The highest BCUT2D eigenvalue weighted by atomic mass is 32.2. The molecule has 0 aliphatic carbocycles. The zero-order chi connectivity index (χ0) is 18.4. The van der Waals surface area contributed by atoms with E-state index < -0.39 is 15.9 Å². The van der Waals surface area contributed by atoms with Crippen LogP contribution in [0.4, 0.5) is 10.1 Å². The van der Waals surface area contributed by atoms with Gasteiger partial charge in [0.15, 0.2) is 5.11 Å². The van der Waals surface area contributed by atoms with Crippen molar-refractivity contribution >= 4 is 45.0 Å². The fourth-order valence-electron chi connectivity index (χ4n) is 1.79. The predicted octanol–water partition coefficient (Wildman–Crippen LogP) is 2.00. The zero-order valence-corrected chi connectivity index (χ0v) is 14.4. The molecule has 0 heterocycles. The summed E-state index contributed by atoms with van der Waals surface area (Å²) in [6.45, 7) is 0. The number of carbonyl (C=O) groups excluding carboxylic acids is 1. The highest BCUT2D eigenvalue weighted by Crippen LogP contribution is 2.12. The van der Waals surface area contributed by atoms with Gasteiger partial charge in [-0.3, -0.25) is 10.1 Å². The molecule has 0 fully saturated rings. The van der Waals surface area contributed by atoms with E-state index >= 15 is 0 Å². The number of thiocarbonyl (C=S) groups is 1. The fraction of sp³-hybridized carbons (Fsp3) is 0. The van der Waals surface area contributed by atoms with E-state index in [1.165, 1.54) is 60.7 Å². The number of hydrogen-bond donors (Lipinski definition) is 3. The minimum absolute atomic E-state index is 0.0322. The standard InChI is InChI=1S/C16H14FN3O3S2/c17-12-4-1-11(2-5-12)3-10-15(21)20-16(24)19-13-6-8-14(9-7-13)25(18,22)23/h1-10H,(H2,18,22,23)(H2,19,20,21,24). The second-order valence-corrected chi connectivity index (χ2v) is 6.87. The van der Waals surface area contributed by atoms with E-state index in [0.29, 0.717) is 11.3 Å². The van der Waals surface area contributed by atoms with Crippen molar-refractivity contribution in [3.8, 4) is 0 Å². The number of anilines is 1. The average molecular weight is 379 g/mol. The number of nitrogens with one attached hydrogen (secondary N) is 2. The van der Waals surface area contributed by atoms with Crippen LogP contribution in [-0.4, -0.2) is 19.4 Å². The number of halogens is 1. The summed E-state index contributed by atoms with van der Waals surface area (Å²) >= 11 is 5.00. The Balaban J connectivity index is 1.91. The lowest BCUT2D eigenvalue weighted by molar-refractivity contribution is -0.115. The van der Waals surface area contributed by atoms with Crippen molar-refractivity contribution in [2.75, 3.05) is 5.32 Å². The molecule has 0 atom stereocenters. The van der Waals surface area contributed by atoms with Gasteiger partial charge in [0, 0.05) is 11.8 Å². The van der Waals surface area contributed by atoms with Crippen molar-refractivity contribution in [1.82, 2.24) is 5.32 Å². The van der Waals surface area contributed by atoms with Gasteiger partial charge in [0.25, 0.3) is 0 Å². The summed E-state index contributed by atoms with van der Waals surface area (Å²) in [5.41, 5.74) is 1.15. The third-order valence-electron chi connectivity index (χ3n) is 2.97. The van der Waals surface area contributed by atoms with Gasteiger partial charge in [-0.15, -0.1) is 0 Å². The van der Waals surface area contributed by atoms with Crippen LogP contribution in [-0.2, 0) is 14.8 Å². The molecule has 0 saturated heterocycles. The Morgan fingerprint density at radius 2 is 1.68 bits per heavy atom. The van der Waals surface area contributed by atoms with Gasteiger partial charge >= 0.3 is 0 Å². The Morgan fingerprint density at radius 1 is 1.08 bits per heavy atom. The first-order valence-corrected chi connectivity index (χ1v) is 8.88. The first kappa shape index (κ1) is 18.7. The molecule has 2 rings (SSSR count). The first-order valence-electron chi connectivity index (χ1n) is 6.92. The monoisotopic (exact) mass is 379 g/mol. The van der Waals surface area contributed by atoms with Crippen LogP contribution in [0.2, 0.25) is 0 Å². The van der Waals surface area contributed by atoms with Crippen LogP contribution in [0.15, 0.2) is 59.5 Å². The lowest BCUT2D eigenvalue weighted by Gasteiger charge is -2.08. The lowest BCUT2D eigenvalue weighted by Crippen LogP contribution is -2.32. The summed E-state index contributed by atoms with van der Waals surface area (Å²) in [7, 11) is -3.77. The summed E-state index contributed by atoms with van der Waals surface area (Å²) in [5.74, 6) is -0.830. The van der Waals surface area contributed by atoms with E-state index in [1.54, 1.807) is 0 Å². The summed E-state index contributed by atoms with van der Waals surface area (Å²) in [5, 5.41) is 10.2. The predicted molar refractivity (Wildman–Crippen MR) is 97.6 cm³/mol. The number of hydrogen-bond acceptors (Lipinski definition) is 4. The highest BCUT2D eigenvalue weighted by Gasteiger charge is 2.07. The lowest BCUT2D eigenvalue weighted by atomic mass is 10.2. The molecule has 6 nitrogen and oxygen atoms in total. The van der Waals surface area contributed by atoms with Gasteiger partial charge in [-0.25, -0.2) is 17.9 Å². The number of amides is 1. The normalized spacial score (nSPS) is 11.3. The third-order valence-corrected chi connectivity index (χ3v) is 4.11. The molecule has 0 aliphatic heterocycles. The summed E-state index contributed by atoms with van der Waals surface area (Å²) in [4.78, 5) is 11.7. The van der Waals surface area contributed by atoms with E-state index in [4.69, 9.17) is 17.4 Å². The largest absolute Gasteiger partial charge is 0.332 e. The topological polar surface area (TPSA) is 101 Å². The average Bonchev–Trinajstić information content (AvgIpc) is 2.54. The molecule has 0 aliphatic rings. The molecule has 0 aromatic heterocycles. The van der Waals surface area contributed by atoms with Crippen molar-refractivity contribution in [3.63, 3.8) is 0 Å². The number of benzene rings is 2. The van der Waals surface area contributed by atoms with Gasteiger partial charge in [0.2, 0.25) is 15.9 Å². The van der Waals surface area contributed by atoms with E-state index in [0.717, 1.165) is 0 Å². The second-order valence-electron chi connectivity index (χ2n) is 4.90. The summed E-state index contributed by atoms with van der Waals surface area (Å²) < 4.78 is 35.1. The number of rotatable bonds is 4. The molecule has 9 heteroatoms. The van der Waals surface area contributed by atoms with Crippen LogP contribution in [0.25, 0.3) is 6.08 Å². The molecule has 0 bridgehead atoms. The van der Waals surface area contributed by atoms with Gasteiger partial charge in [-0.2, -0.15) is 0 Å². The quantitative estimate of drug-likeness (QED) is 0.557. The molecule has 0 unspecified atom stereocenters. The molecule has 0 spiro atoms. The minimum Gasteiger partial charge on any atom is -0.332 e. The van der Waals surface area contributed by atoms with E-state index in [2.05, 4.69) is 10.6 Å². The van der Waals surface area contributed by atoms with Gasteiger partial charge < -0.3 is 5.32 Å². The van der Waals surface area contributed by atoms with Crippen LogP contribution < -0.4 is 15.8 Å². The number of nitrogens with two attached hydrogens (primary N) is 1.